The van der Waals surface area contributed by atoms with Crippen LogP contribution in [0.25, 0.3) is 11.0 Å². The molecule has 0 fully saturated rings. The number of furan rings is 1. The van der Waals surface area contributed by atoms with Gasteiger partial charge in [-0.15, -0.1) is 0 Å². The Kier molecular flexibility index (Phi) is 3.85. The van der Waals surface area contributed by atoms with Crippen molar-refractivity contribution in [3.05, 3.63) is 71.5 Å². The fourth-order valence-corrected chi connectivity index (χ4v) is 2.38. The van der Waals surface area contributed by atoms with Crippen molar-refractivity contribution in [2.45, 2.75) is 13.0 Å². The zero-order valence-corrected chi connectivity index (χ0v) is 12.6. The summed E-state index contributed by atoms with van der Waals surface area (Å²) in [6, 6.07) is 15.6. The zero-order valence-electron chi connectivity index (χ0n) is 12.6. The van der Waals surface area contributed by atoms with Gasteiger partial charge in [-0.05, 0) is 37.3 Å². The first-order valence-corrected chi connectivity index (χ1v) is 7.24. The van der Waals surface area contributed by atoms with Gasteiger partial charge in [0.05, 0.1) is 6.04 Å². The molecule has 1 heterocycles. The van der Waals surface area contributed by atoms with Crippen LogP contribution in [0.15, 0.2) is 59.0 Å². The van der Waals surface area contributed by atoms with E-state index in [-0.39, 0.29) is 11.9 Å². The number of fused-ring (bicyclic) bond motifs is 1. The SMILES string of the molecule is C[C@H](NC(=O)c1cccc(C(N)=O)c1)c1cc2ccccc2o1. The number of amides is 2. The van der Waals surface area contributed by atoms with Gasteiger partial charge in [0.2, 0.25) is 5.91 Å². The van der Waals surface area contributed by atoms with Gasteiger partial charge < -0.3 is 15.5 Å². The molecule has 23 heavy (non-hydrogen) atoms. The number of hydrogen-bond acceptors (Lipinski definition) is 3. The monoisotopic (exact) mass is 308 g/mol. The van der Waals surface area contributed by atoms with E-state index in [1.54, 1.807) is 18.2 Å². The molecule has 0 saturated carbocycles. The van der Waals surface area contributed by atoms with Crippen molar-refractivity contribution in [2.75, 3.05) is 0 Å². The minimum Gasteiger partial charge on any atom is -0.459 e. The predicted octanol–water partition coefficient (Wildman–Crippen LogP) is 3.02. The average molecular weight is 308 g/mol. The Bertz CT molecular complexity index is 850. The van der Waals surface area contributed by atoms with Crippen molar-refractivity contribution in [3.8, 4) is 0 Å². The van der Waals surface area contributed by atoms with E-state index in [2.05, 4.69) is 5.32 Å². The number of primary amides is 1. The molecule has 0 spiro atoms. The van der Waals surface area contributed by atoms with Gasteiger partial charge in [-0.25, -0.2) is 0 Å². The van der Waals surface area contributed by atoms with E-state index in [4.69, 9.17) is 10.2 Å². The number of para-hydroxylation sites is 1. The third kappa shape index (κ3) is 3.08. The van der Waals surface area contributed by atoms with Crippen LogP contribution in [0.2, 0.25) is 0 Å². The molecule has 2 amide bonds. The second-order valence-corrected chi connectivity index (χ2v) is 5.33. The van der Waals surface area contributed by atoms with E-state index >= 15 is 0 Å². The Labute approximate surface area is 133 Å². The van der Waals surface area contributed by atoms with Crippen molar-refractivity contribution in [1.29, 1.82) is 0 Å². The minimum absolute atomic E-state index is 0.291. The minimum atomic E-state index is -0.565. The van der Waals surface area contributed by atoms with Crippen molar-refractivity contribution in [1.82, 2.24) is 5.32 Å². The van der Waals surface area contributed by atoms with E-state index in [0.717, 1.165) is 11.0 Å². The molecule has 1 aromatic heterocycles. The van der Waals surface area contributed by atoms with Crippen LogP contribution in [0.4, 0.5) is 0 Å². The lowest BCUT2D eigenvalue weighted by Crippen LogP contribution is -2.26. The maximum atomic E-state index is 12.3. The van der Waals surface area contributed by atoms with Crippen molar-refractivity contribution in [3.63, 3.8) is 0 Å². The van der Waals surface area contributed by atoms with Crippen LogP contribution in [0.5, 0.6) is 0 Å². The normalized spacial score (nSPS) is 12.0. The molecule has 1 atom stereocenters. The van der Waals surface area contributed by atoms with E-state index in [1.165, 1.54) is 6.07 Å². The molecule has 5 heteroatoms. The van der Waals surface area contributed by atoms with Gasteiger partial charge in [0.1, 0.15) is 11.3 Å². The van der Waals surface area contributed by atoms with E-state index < -0.39 is 5.91 Å². The highest BCUT2D eigenvalue weighted by molar-refractivity contribution is 5.99. The van der Waals surface area contributed by atoms with Gasteiger partial charge >= 0.3 is 0 Å². The molecule has 3 rings (SSSR count). The molecule has 0 aliphatic rings. The summed E-state index contributed by atoms with van der Waals surface area (Å²) >= 11 is 0. The molecule has 3 N–H and O–H groups in total. The highest BCUT2D eigenvalue weighted by atomic mass is 16.3. The fourth-order valence-electron chi connectivity index (χ4n) is 2.38. The smallest absolute Gasteiger partial charge is 0.251 e. The molecule has 0 unspecified atom stereocenters. The van der Waals surface area contributed by atoms with E-state index in [1.807, 2.05) is 37.3 Å². The molecule has 2 aromatic carbocycles. The van der Waals surface area contributed by atoms with Gasteiger partial charge in [-0.2, -0.15) is 0 Å². The molecule has 0 aliphatic carbocycles. The zero-order chi connectivity index (χ0) is 16.4. The van der Waals surface area contributed by atoms with Crippen LogP contribution < -0.4 is 11.1 Å². The average Bonchev–Trinajstić information content (AvgIpc) is 2.99. The second kappa shape index (κ2) is 5.96. The quantitative estimate of drug-likeness (QED) is 0.777. The molecule has 5 nitrogen and oxygen atoms in total. The Morgan fingerprint density at radius 2 is 1.78 bits per heavy atom. The molecule has 0 radical (unpaired) electrons. The summed E-state index contributed by atoms with van der Waals surface area (Å²) in [6.45, 7) is 1.84. The third-order valence-electron chi connectivity index (χ3n) is 3.63. The number of hydrogen-bond donors (Lipinski definition) is 2. The van der Waals surface area contributed by atoms with E-state index in [9.17, 15) is 9.59 Å². The highest BCUT2D eigenvalue weighted by Gasteiger charge is 2.16. The number of rotatable bonds is 4. The molecule has 0 saturated heterocycles. The van der Waals surface area contributed by atoms with Crippen LogP contribution in [0, 0.1) is 0 Å². The summed E-state index contributed by atoms with van der Waals surface area (Å²) in [4.78, 5) is 23.5. The number of nitrogens with one attached hydrogen (secondary N) is 1. The Morgan fingerprint density at radius 1 is 1.04 bits per heavy atom. The summed E-state index contributed by atoms with van der Waals surface area (Å²) in [5, 5.41) is 3.84. The summed E-state index contributed by atoms with van der Waals surface area (Å²) in [7, 11) is 0. The lowest BCUT2D eigenvalue weighted by Gasteiger charge is -2.11. The predicted molar refractivity (Wildman–Crippen MR) is 87.1 cm³/mol. The summed E-state index contributed by atoms with van der Waals surface area (Å²) in [5.41, 5.74) is 6.69. The van der Waals surface area contributed by atoms with Gasteiger partial charge in [-0.1, -0.05) is 24.3 Å². The second-order valence-electron chi connectivity index (χ2n) is 5.33. The van der Waals surface area contributed by atoms with Crippen LogP contribution in [-0.2, 0) is 0 Å². The molecule has 116 valence electrons. The van der Waals surface area contributed by atoms with Crippen LogP contribution in [-0.4, -0.2) is 11.8 Å². The Hall–Kier alpha value is -3.08. The lowest BCUT2D eigenvalue weighted by atomic mass is 10.1. The molecule has 3 aromatic rings. The third-order valence-corrected chi connectivity index (χ3v) is 3.63. The number of benzene rings is 2. The first-order chi connectivity index (χ1) is 11.0. The number of carbonyl (C=O) groups is 2. The van der Waals surface area contributed by atoms with Crippen molar-refractivity contribution >= 4 is 22.8 Å². The van der Waals surface area contributed by atoms with Gasteiger partial charge in [0.25, 0.3) is 5.91 Å². The van der Waals surface area contributed by atoms with Crippen LogP contribution in [0.1, 0.15) is 39.4 Å². The maximum absolute atomic E-state index is 12.3. The Morgan fingerprint density at radius 3 is 2.52 bits per heavy atom. The van der Waals surface area contributed by atoms with Gasteiger partial charge in [-0.3, -0.25) is 9.59 Å². The summed E-state index contributed by atoms with van der Waals surface area (Å²) < 4.78 is 5.74. The molecular formula is C18H16N2O3. The van der Waals surface area contributed by atoms with Crippen molar-refractivity contribution < 1.29 is 14.0 Å². The van der Waals surface area contributed by atoms with E-state index in [0.29, 0.717) is 16.9 Å². The number of nitrogens with two attached hydrogens (primary N) is 1. The topological polar surface area (TPSA) is 85.3 Å². The van der Waals surface area contributed by atoms with Gasteiger partial charge in [0.15, 0.2) is 0 Å². The first kappa shape index (κ1) is 14.8. The Balaban J connectivity index is 1.79. The standard InChI is InChI=1S/C18H16N2O3/c1-11(16-10-12-5-2-3-8-15(12)23-16)20-18(22)14-7-4-6-13(9-14)17(19)21/h2-11H,1H3,(H2,19,21)(H,20,22)/t11-/m0/s1. The van der Waals surface area contributed by atoms with Crippen LogP contribution >= 0.6 is 0 Å². The molecule has 0 bridgehead atoms. The largest absolute Gasteiger partial charge is 0.459 e. The number of carbonyl (C=O) groups excluding carboxylic acids is 2. The first-order valence-electron chi connectivity index (χ1n) is 7.24. The summed E-state index contributed by atoms with van der Waals surface area (Å²) in [5.74, 6) is -0.184. The highest BCUT2D eigenvalue weighted by Crippen LogP contribution is 2.23. The van der Waals surface area contributed by atoms with Crippen LogP contribution in [0.3, 0.4) is 0 Å². The van der Waals surface area contributed by atoms with Crippen molar-refractivity contribution in [2.24, 2.45) is 5.73 Å². The molecular weight excluding hydrogens is 292 g/mol. The maximum Gasteiger partial charge on any atom is 0.251 e. The fraction of sp³-hybridized carbons (Fsp3) is 0.111. The lowest BCUT2D eigenvalue weighted by molar-refractivity contribution is 0.0935. The summed E-state index contributed by atoms with van der Waals surface area (Å²) in [6.07, 6.45) is 0. The van der Waals surface area contributed by atoms with Gasteiger partial charge in [0, 0.05) is 16.5 Å². The molecule has 0 aliphatic heterocycles.